The van der Waals surface area contributed by atoms with Crippen molar-refractivity contribution in [1.29, 1.82) is 0 Å². The summed E-state index contributed by atoms with van der Waals surface area (Å²) < 4.78 is 0. The SMILES string of the molecule is CCCN(CCCl)C(=O)C(C)c1ccccc1. The van der Waals surface area contributed by atoms with Gasteiger partial charge in [-0.1, -0.05) is 37.3 Å². The smallest absolute Gasteiger partial charge is 0.229 e. The van der Waals surface area contributed by atoms with Crippen LogP contribution in [0.1, 0.15) is 31.7 Å². The van der Waals surface area contributed by atoms with Crippen LogP contribution >= 0.6 is 11.6 Å². The predicted octanol–water partition coefficient (Wildman–Crippen LogP) is 3.27. The Kier molecular flexibility index (Phi) is 6.06. The minimum absolute atomic E-state index is 0.0917. The Hall–Kier alpha value is -1.02. The Balaban J connectivity index is 2.73. The second-order valence-corrected chi connectivity index (χ2v) is 4.52. The van der Waals surface area contributed by atoms with Crippen LogP contribution in [0.15, 0.2) is 30.3 Å². The Morgan fingerprint density at radius 1 is 1.29 bits per heavy atom. The van der Waals surface area contributed by atoms with Gasteiger partial charge in [0.25, 0.3) is 0 Å². The fourth-order valence-corrected chi connectivity index (χ4v) is 2.07. The highest BCUT2D eigenvalue weighted by molar-refractivity contribution is 6.18. The molecule has 2 nitrogen and oxygen atoms in total. The lowest BCUT2D eigenvalue weighted by Gasteiger charge is -2.24. The van der Waals surface area contributed by atoms with Crippen molar-refractivity contribution in [3.63, 3.8) is 0 Å². The molecule has 0 saturated heterocycles. The number of carbonyl (C=O) groups is 1. The number of benzene rings is 1. The third-order valence-electron chi connectivity index (χ3n) is 2.83. The monoisotopic (exact) mass is 253 g/mol. The van der Waals surface area contributed by atoms with Crippen LogP contribution in [0.25, 0.3) is 0 Å². The quantitative estimate of drug-likeness (QED) is 0.713. The summed E-state index contributed by atoms with van der Waals surface area (Å²) in [5.74, 6) is 0.567. The molecule has 0 aliphatic heterocycles. The summed E-state index contributed by atoms with van der Waals surface area (Å²) >= 11 is 5.73. The Bertz CT molecular complexity index is 333. The summed E-state index contributed by atoms with van der Waals surface area (Å²) in [4.78, 5) is 14.1. The third kappa shape index (κ3) is 4.04. The highest BCUT2D eigenvalue weighted by Gasteiger charge is 2.20. The van der Waals surface area contributed by atoms with E-state index in [1.165, 1.54) is 0 Å². The molecule has 0 saturated carbocycles. The fraction of sp³-hybridized carbons (Fsp3) is 0.500. The van der Waals surface area contributed by atoms with E-state index < -0.39 is 0 Å². The van der Waals surface area contributed by atoms with Gasteiger partial charge >= 0.3 is 0 Å². The zero-order valence-electron chi connectivity index (χ0n) is 10.5. The van der Waals surface area contributed by atoms with Crippen LogP contribution in [0.2, 0.25) is 0 Å². The van der Waals surface area contributed by atoms with Gasteiger partial charge in [-0.15, -0.1) is 11.6 Å². The van der Waals surface area contributed by atoms with Crippen molar-refractivity contribution in [2.75, 3.05) is 19.0 Å². The van der Waals surface area contributed by atoms with Gasteiger partial charge in [0.2, 0.25) is 5.91 Å². The lowest BCUT2D eigenvalue weighted by Crippen LogP contribution is -2.36. The van der Waals surface area contributed by atoms with E-state index in [1.54, 1.807) is 0 Å². The lowest BCUT2D eigenvalue weighted by atomic mass is 10.00. The number of amides is 1. The molecular weight excluding hydrogens is 234 g/mol. The zero-order chi connectivity index (χ0) is 12.7. The molecule has 1 aromatic rings. The molecule has 1 unspecified atom stereocenters. The first kappa shape index (κ1) is 14.0. The highest BCUT2D eigenvalue weighted by Crippen LogP contribution is 2.17. The summed E-state index contributed by atoms with van der Waals surface area (Å²) in [6, 6.07) is 9.87. The maximum absolute atomic E-state index is 12.3. The van der Waals surface area contributed by atoms with E-state index in [2.05, 4.69) is 6.92 Å². The molecule has 1 rings (SSSR count). The standard InChI is InChI=1S/C14H20ClNO/c1-3-10-16(11-9-15)14(17)12(2)13-7-5-4-6-8-13/h4-8,12H,3,9-11H2,1-2H3. The van der Waals surface area contributed by atoms with Gasteiger partial charge in [0, 0.05) is 19.0 Å². The zero-order valence-corrected chi connectivity index (χ0v) is 11.3. The molecule has 0 heterocycles. The lowest BCUT2D eigenvalue weighted by molar-refractivity contribution is -0.132. The van der Waals surface area contributed by atoms with Crippen LogP contribution in [0, 0.1) is 0 Å². The van der Waals surface area contributed by atoms with Crippen LogP contribution < -0.4 is 0 Å². The van der Waals surface area contributed by atoms with E-state index in [1.807, 2.05) is 42.2 Å². The highest BCUT2D eigenvalue weighted by atomic mass is 35.5. The Morgan fingerprint density at radius 2 is 1.94 bits per heavy atom. The van der Waals surface area contributed by atoms with E-state index in [0.717, 1.165) is 18.5 Å². The molecule has 0 bridgehead atoms. The number of carbonyl (C=O) groups excluding carboxylic acids is 1. The Morgan fingerprint density at radius 3 is 2.47 bits per heavy atom. The number of nitrogens with zero attached hydrogens (tertiary/aromatic N) is 1. The van der Waals surface area contributed by atoms with Crippen LogP contribution in [0.4, 0.5) is 0 Å². The molecule has 0 aromatic heterocycles. The topological polar surface area (TPSA) is 20.3 Å². The molecule has 0 radical (unpaired) electrons. The second kappa shape index (κ2) is 7.33. The number of alkyl halides is 1. The molecule has 1 atom stereocenters. The molecule has 1 aromatic carbocycles. The van der Waals surface area contributed by atoms with E-state index in [-0.39, 0.29) is 11.8 Å². The van der Waals surface area contributed by atoms with Crippen molar-refractivity contribution < 1.29 is 4.79 Å². The largest absolute Gasteiger partial charge is 0.341 e. The van der Waals surface area contributed by atoms with E-state index in [4.69, 9.17) is 11.6 Å². The molecule has 0 fully saturated rings. The minimum Gasteiger partial charge on any atom is -0.341 e. The number of hydrogen-bond donors (Lipinski definition) is 0. The van der Waals surface area contributed by atoms with Crippen LogP contribution in [0.5, 0.6) is 0 Å². The van der Waals surface area contributed by atoms with E-state index in [9.17, 15) is 4.79 Å². The molecule has 0 aliphatic rings. The first-order chi connectivity index (χ1) is 8.20. The maximum Gasteiger partial charge on any atom is 0.229 e. The van der Waals surface area contributed by atoms with Gasteiger partial charge in [-0.2, -0.15) is 0 Å². The summed E-state index contributed by atoms with van der Waals surface area (Å²) in [5.41, 5.74) is 1.06. The number of halogens is 1. The minimum atomic E-state index is -0.0917. The van der Waals surface area contributed by atoms with Crippen molar-refractivity contribution in [2.45, 2.75) is 26.2 Å². The number of rotatable bonds is 6. The average Bonchev–Trinajstić information content (AvgIpc) is 2.38. The molecule has 0 aliphatic carbocycles. The molecule has 3 heteroatoms. The summed E-state index contributed by atoms with van der Waals surface area (Å²) in [7, 11) is 0. The van der Waals surface area contributed by atoms with Gasteiger partial charge in [0.1, 0.15) is 0 Å². The average molecular weight is 254 g/mol. The summed E-state index contributed by atoms with van der Waals surface area (Å²) in [5, 5.41) is 0. The van der Waals surface area contributed by atoms with Crippen molar-refractivity contribution >= 4 is 17.5 Å². The first-order valence-electron chi connectivity index (χ1n) is 6.10. The first-order valence-corrected chi connectivity index (χ1v) is 6.63. The molecule has 94 valence electrons. The van der Waals surface area contributed by atoms with Gasteiger partial charge in [0.15, 0.2) is 0 Å². The van der Waals surface area contributed by atoms with Crippen molar-refractivity contribution in [3.05, 3.63) is 35.9 Å². The molecule has 17 heavy (non-hydrogen) atoms. The Labute approximate surface area is 109 Å². The van der Waals surface area contributed by atoms with Gasteiger partial charge in [-0.25, -0.2) is 0 Å². The molecule has 1 amide bonds. The van der Waals surface area contributed by atoms with Crippen LogP contribution in [-0.2, 0) is 4.79 Å². The van der Waals surface area contributed by atoms with Gasteiger partial charge < -0.3 is 4.90 Å². The van der Waals surface area contributed by atoms with Gasteiger partial charge in [-0.3, -0.25) is 4.79 Å². The van der Waals surface area contributed by atoms with Crippen LogP contribution in [-0.4, -0.2) is 29.8 Å². The van der Waals surface area contributed by atoms with Crippen LogP contribution in [0.3, 0.4) is 0 Å². The summed E-state index contributed by atoms with van der Waals surface area (Å²) in [6.45, 7) is 5.43. The van der Waals surface area contributed by atoms with Gasteiger partial charge in [0.05, 0.1) is 5.92 Å². The molecule has 0 N–H and O–H groups in total. The van der Waals surface area contributed by atoms with Gasteiger partial charge in [-0.05, 0) is 18.9 Å². The number of hydrogen-bond acceptors (Lipinski definition) is 1. The summed E-state index contributed by atoms with van der Waals surface area (Å²) in [6.07, 6.45) is 0.962. The fourth-order valence-electron chi connectivity index (χ4n) is 1.86. The maximum atomic E-state index is 12.3. The van der Waals surface area contributed by atoms with Crippen molar-refractivity contribution in [2.24, 2.45) is 0 Å². The van der Waals surface area contributed by atoms with E-state index in [0.29, 0.717) is 12.4 Å². The predicted molar refractivity (Wildman–Crippen MR) is 72.4 cm³/mol. The third-order valence-corrected chi connectivity index (χ3v) is 3.00. The second-order valence-electron chi connectivity index (χ2n) is 4.15. The van der Waals surface area contributed by atoms with Crippen molar-refractivity contribution in [1.82, 2.24) is 4.90 Å². The molecule has 0 spiro atoms. The normalized spacial score (nSPS) is 12.2. The van der Waals surface area contributed by atoms with E-state index >= 15 is 0 Å². The molecular formula is C14H20ClNO. The van der Waals surface area contributed by atoms with Crippen molar-refractivity contribution in [3.8, 4) is 0 Å².